The Kier molecular flexibility index (Phi) is 3.05. The summed E-state index contributed by atoms with van der Waals surface area (Å²) in [5, 5.41) is 7.06. The molecule has 1 N–H and O–H groups in total. The summed E-state index contributed by atoms with van der Waals surface area (Å²) in [5.41, 5.74) is 1.04. The van der Waals surface area contributed by atoms with Gasteiger partial charge in [-0.15, -0.1) is 0 Å². The Bertz CT molecular complexity index is 957. The van der Waals surface area contributed by atoms with Crippen LogP contribution in [0.2, 0.25) is 0 Å². The van der Waals surface area contributed by atoms with Crippen LogP contribution in [0.5, 0.6) is 0 Å². The Morgan fingerprint density at radius 1 is 1.19 bits per heavy atom. The summed E-state index contributed by atoms with van der Waals surface area (Å²) in [5.74, 6) is 0. The van der Waals surface area contributed by atoms with Gasteiger partial charge in [-0.05, 0) is 28.0 Å². The van der Waals surface area contributed by atoms with Crippen molar-refractivity contribution in [1.82, 2.24) is 20.3 Å². The first-order valence-corrected chi connectivity index (χ1v) is 7.83. The second-order valence-electron chi connectivity index (χ2n) is 4.54. The highest BCUT2D eigenvalue weighted by Crippen LogP contribution is 2.12. The first-order chi connectivity index (χ1) is 9.93. The molecule has 8 nitrogen and oxygen atoms in total. The van der Waals surface area contributed by atoms with Crippen LogP contribution < -0.4 is 5.56 Å². The molecule has 0 amide bonds. The standard InChI is InChI=1S/C12H10N4O4S/c1-21(18,19)8-4-2-7(3-5-8)6-9-12(17)14-11-10(13-9)15-20-16-11/h2-5H,6H2,1H3,(H,14,16,17). The number of aromatic amines is 1. The summed E-state index contributed by atoms with van der Waals surface area (Å²) < 4.78 is 27.2. The van der Waals surface area contributed by atoms with E-state index in [9.17, 15) is 13.2 Å². The molecular formula is C12H10N4O4S. The molecule has 0 bridgehead atoms. The summed E-state index contributed by atoms with van der Waals surface area (Å²) in [7, 11) is -3.24. The molecule has 3 rings (SSSR count). The van der Waals surface area contributed by atoms with Gasteiger partial charge in [0.1, 0.15) is 5.69 Å². The van der Waals surface area contributed by atoms with E-state index in [1.807, 2.05) is 0 Å². The molecule has 0 radical (unpaired) electrons. The highest BCUT2D eigenvalue weighted by atomic mass is 32.2. The molecule has 0 saturated heterocycles. The number of nitrogens with zero attached hydrogens (tertiary/aromatic N) is 3. The highest BCUT2D eigenvalue weighted by molar-refractivity contribution is 7.90. The van der Waals surface area contributed by atoms with E-state index < -0.39 is 9.84 Å². The maximum atomic E-state index is 11.8. The number of hydrogen-bond acceptors (Lipinski definition) is 7. The van der Waals surface area contributed by atoms with E-state index in [0.717, 1.165) is 11.8 Å². The van der Waals surface area contributed by atoms with Gasteiger partial charge in [0.05, 0.1) is 4.90 Å². The third-order valence-electron chi connectivity index (χ3n) is 2.93. The zero-order chi connectivity index (χ0) is 15.0. The van der Waals surface area contributed by atoms with E-state index >= 15 is 0 Å². The third-order valence-corrected chi connectivity index (χ3v) is 4.06. The Morgan fingerprint density at radius 3 is 2.57 bits per heavy atom. The van der Waals surface area contributed by atoms with Crippen LogP contribution in [-0.2, 0) is 16.3 Å². The molecular weight excluding hydrogens is 296 g/mol. The minimum absolute atomic E-state index is 0.191. The summed E-state index contributed by atoms with van der Waals surface area (Å²) in [6.07, 6.45) is 1.39. The highest BCUT2D eigenvalue weighted by Gasteiger charge is 2.11. The lowest BCUT2D eigenvalue weighted by molar-refractivity contribution is 0.314. The zero-order valence-corrected chi connectivity index (χ0v) is 11.7. The predicted molar refractivity (Wildman–Crippen MR) is 72.6 cm³/mol. The van der Waals surface area contributed by atoms with Crippen LogP contribution in [0.1, 0.15) is 11.3 Å². The van der Waals surface area contributed by atoms with Crippen LogP contribution in [0.4, 0.5) is 0 Å². The van der Waals surface area contributed by atoms with E-state index in [4.69, 9.17) is 0 Å². The second kappa shape index (κ2) is 4.77. The summed E-state index contributed by atoms with van der Waals surface area (Å²) >= 11 is 0. The van der Waals surface area contributed by atoms with Crippen LogP contribution in [0, 0.1) is 0 Å². The van der Waals surface area contributed by atoms with Gasteiger partial charge < -0.3 is 0 Å². The number of rotatable bonds is 3. The Hall–Kier alpha value is -2.55. The fourth-order valence-corrected chi connectivity index (χ4v) is 2.49. The molecule has 2 heterocycles. The number of aromatic nitrogens is 4. The number of nitrogens with one attached hydrogen (secondary N) is 1. The molecule has 0 aliphatic rings. The molecule has 0 aliphatic heterocycles. The molecule has 9 heteroatoms. The molecule has 1 aromatic carbocycles. The van der Waals surface area contributed by atoms with Crippen molar-refractivity contribution in [3.8, 4) is 0 Å². The number of fused-ring (bicyclic) bond motifs is 1. The molecule has 21 heavy (non-hydrogen) atoms. The molecule has 2 aromatic heterocycles. The van der Waals surface area contributed by atoms with Gasteiger partial charge >= 0.3 is 0 Å². The van der Waals surface area contributed by atoms with Crippen molar-refractivity contribution in [2.75, 3.05) is 6.26 Å². The van der Waals surface area contributed by atoms with Crippen LogP contribution in [0.15, 0.2) is 38.6 Å². The molecule has 108 valence electrons. The maximum Gasteiger partial charge on any atom is 0.271 e. The Balaban J connectivity index is 1.94. The number of H-pyrrole nitrogens is 1. The predicted octanol–water partition coefficient (Wildman–Crippen LogP) is 0.300. The lowest BCUT2D eigenvalue weighted by Crippen LogP contribution is -2.15. The molecule has 0 unspecified atom stereocenters. The topological polar surface area (TPSA) is 119 Å². The van der Waals surface area contributed by atoms with Crippen LogP contribution in [-0.4, -0.2) is 35.0 Å². The monoisotopic (exact) mass is 306 g/mol. The zero-order valence-electron chi connectivity index (χ0n) is 10.9. The molecule has 0 fully saturated rings. The second-order valence-corrected chi connectivity index (χ2v) is 6.56. The van der Waals surface area contributed by atoms with Crippen molar-refractivity contribution in [3.05, 3.63) is 45.9 Å². The number of benzene rings is 1. The van der Waals surface area contributed by atoms with Crippen molar-refractivity contribution in [2.45, 2.75) is 11.3 Å². The molecule has 0 atom stereocenters. The van der Waals surface area contributed by atoms with Gasteiger partial charge in [-0.25, -0.2) is 18.0 Å². The normalized spacial score (nSPS) is 11.9. The SMILES string of the molecule is CS(=O)(=O)c1ccc(Cc2nc3nonc3[nH]c2=O)cc1. The quantitative estimate of drug-likeness (QED) is 0.739. The average molecular weight is 306 g/mol. The minimum atomic E-state index is -3.24. The fourth-order valence-electron chi connectivity index (χ4n) is 1.86. The Labute approximate surface area is 118 Å². The van der Waals surface area contributed by atoms with Crippen LogP contribution in [0.3, 0.4) is 0 Å². The van der Waals surface area contributed by atoms with Gasteiger partial charge in [-0.1, -0.05) is 12.1 Å². The van der Waals surface area contributed by atoms with Crippen molar-refractivity contribution in [3.63, 3.8) is 0 Å². The van der Waals surface area contributed by atoms with Gasteiger partial charge in [0, 0.05) is 12.7 Å². The van der Waals surface area contributed by atoms with Gasteiger partial charge in [-0.2, -0.15) is 0 Å². The smallest absolute Gasteiger partial charge is 0.271 e. The van der Waals surface area contributed by atoms with Gasteiger partial charge in [0.15, 0.2) is 9.84 Å². The van der Waals surface area contributed by atoms with Crippen molar-refractivity contribution >= 4 is 21.1 Å². The summed E-state index contributed by atoms with van der Waals surface area (Å²) in [6.45, 7) is 0. The van der Waals surface area contributed by atoms with Gasteiger partial charge in [0.25, 0.3) is 5.56 Å². The minimum Gasteiger partial charge on any atom is -0.299 e. The first-order valence-electron chi connectivity index (χ1n) is 5.94. The molecule has 0 spiro atoms. The third kappa shape index (κ3) is 2.68. The fraction of sp³-hybridized carbons (Fsp3) is 0.167. The first kappa shape index (κ1) is 13.4. The lowest BCUT2D eigenvalue weighted by atomic mass is 10.1. The van der Waals surface area contributed by atoms with Crippen molar-refractivity contribution in [2.24, 2.45) is 0 Å². The van der Waals surface area contributed by atoms with Crippen molar-refractivity contribution in [1.29, 1.82) is 0 Å². The number of hydrogen-bond donors (Lipinski definition) is 1. The maximum absolute atomic E-state index is 11.8. The van der Waals surface area contributed by atoms with E-state index in [0.29, 0.717) is 0 Å². The van der Waals surface area contributed by atoms with Crippen LogP contribution >= 0.6 is 0 Å². The van der Waals surface area contributed by atoms with Crippen LogP contribution in [0.25, 0.3) is 11.3 Å². The van der Waals surface area contributed by atoms with Gasteiger partial charge in [0.2, 0.25) is 11.3 Å². The number of sulfone groups is 1. The lowest BCUT2D eigenvalue weighted by Gasteiger charge is -2.02. The van der Waals surface area contributed by atoms with E-state index in [2.05, 4.69) is 24.9 Å². The van der Waals surface area contributed by atoms with Gasteiger partial charge in [-0.3, -0.25) is 9.78 Å². The molecule has 0 aliphatic carbocycles. The van der Waals surface area contributed by atoms with E-state index in [1.54, 1.807) is 12.1 Å². The Morgan fingerprint density at radius 2 is 1.90 bits per heavy atom. The van der Waals surface area contributed by atoms with Crippen molar-refractivity contribution < 1.29 is 13.0 Å². The van der Waals surface area contributed by atoms with E-state index in [1.165, 1.54) is 12.1 Å². The summed E-state index contributed by atoms with van der Waals surface area (Å²) in [6, 6.07) is 6.27. The van der Waals surface area contributed by atoms with E-state index in [-0.39, 0.29) is 33.9 Å². The summed E-state index contributed by atoms with van der Waals surface area (Å²) in [4.78, 5) is 18.6. The largest absolute Gasteiger partial charge is 0.299 e. The average Bonchev–Trinajstić information content (AvgIpc) is 2.86. The molecule has 3 aromatic rings. The molecule has 0 saturated carbocycles.